The number of pyridine rings is 1. The van der Waals surface area contributed by atoms with Crippen LogP contribution in [0.15, 0.2) is 48.1 Å². The van der Waals surface area contributed by atoms with Crippen LogP contribution in [-0.2, 0) is 17.4 Å². The topological polar surface area (TPSA) is 61.4 Å². The van der Waals surface area contributed by atoms with E-state index in [4.69, 9.17) is 0 Å². The quantitative estimate of drug-likeness (QED) is 0.619. The summed E-state index contributed by atoms with van der Waals surface area (Å²) in [4.78, 5) is 25.0. The number of likely N-dealkylation sites (N-methyl/N-ethyl adjacent to an activating group) is 1. The van der Waals surface area contributed by atoms with E-state index in [1.807, 2.05) is 18.0 Å². The molecule has 0 atom stereocenters. The van der Waals surface area contributed by atoms with Gasteiger partial charge in [0.2, 0.25) is 5.91 Å². The van der Waals surface area contributed by atoms with Crippen LogP contribution in [0.25, 0.3) is 10.6 Å². The number of anilines is 2. The summed E-state index contributed by atoms with van der Waals surface area (Å²) < 4.78 is 41.2. The summed E-state index contributed by atoms with van der Waals surface area (Å²) in [6.45, 7) is 2.88. The number of nitrogens with one attached hydrogen (secondary N) is 1. The molecule has 168 valence electrons. The zero-order valence-corrected chi connectivity index (χ0v) is 18.2. The van der Waals surface area contributed by atoms with Gasteiger partial charge in [-0.3, -0.25) is 9.78 Å². The normalized spacial score (nSPS) is 15.1. The lowest BCUT2D eigenvalue weighted by atomic mass is 10.1. The Morgan fingerprint density at radius 1 is 1.19 bits per heavy atom. The number of amides is 1. The molecular formula is C22H22F3N5OS. The highest BCUT2D eigenvalue weighted by molar-refractivity contribution is 7.13. The van der Waals surface area contributed by atoms with Crippen molar-refractivity contribution in [1.29, 1.82) is 0 Å². The van der Waals surface area contributed by atoms with Crippen molar-refractivity contribution in [3.8, 4) is 10.6 Å². The Morgan fingerprint density at radius 2 is 1.97 bits per heavy atom. The molecule has 1 N–H and O–H groups in total. The van der Waals surface area contributed by atoms with Crippen molar-refractivity contribution >= 4 is 28.6 Å². The van der Waals surface area contributed by atoms with Gasteiger partial charge in [-0.15, -0.1) is 11.3 Å². The predicted molar refractivity (Wildman–Crippen MR) is 119 cm³/mol. The summed E-state index contributed by atoms with van der Waals surface area (Å²) in [5.41, 5.74) is 0.723. The SMILES string of the molecule is CN1CCN(c2ccc(NC(=O)Cc3csc(-c4cccnc4)n3)c(C(F)(F)F)c2)CC1. The van der Waals surface area contributed by atoms with Gasteiger partial charge < -0.3 is 15.1 Å². The Morgan fingerprint density at radius 3 is 2.66 bits per heavy atom. The van der Waals surface area contributed by atoms with E-state index in [0.29, 0.717) is 29.5 Å². The molecule has 6 nitrogen and oxygen atoms in total. The third kappa shape index (κ3) is 5.25. The maximum Gasteiger partial charge on any atom is 0.418 e. The molecule has 4 rings (SSSR count). The second kappa shape index (κ2) is 9.25. The second-order valence-electron chi connectivity index (χ2n) is 7.63. The Hall–Kier alpha value is -2.98. The summed E-state index contributed by atoms with van der Waals surface area (Å²) in [5, 5.41) is 4.85. The first kappa shape index (κ1) is 22.2. The standard InChI is InChI=1S/C22H22F3N5OS/c1-29-7-9-30(10-8-29)17-4-5-19(18(12-17)22(23,24)25)28-20(31)11-16-14-32-21(27-16)15-3-2-6-26-13-15/h2-6,12-14H,7-11H2,1H3,(H,28,31). The van der Waals surface area contributed by atoms with Crippen LogP contribution < -0.4 is 10.2 Å². The molecule has 0 unspecified atom stereocenters. The molecule has 10 heteroatoms. The van der Waals surface area contributed by atoms with Gasteiger partial charge in [-0.2, -0.15) is 13.2 Å². The van der Waals surface area contributed by atoms with Gasteiger partial charge in [0.1, 0.15) is 5.01 Å². The zero-order valence-electron chi connectivity index (χ0n) is 17.4. The van der Waals surface area contributed by atoms with Crippen molar-refractivity contribution in [1.82, 2.24) is 14.9 Å². The summed E-state index contributed by atoms with van der Waals surface area (Å²) in [7, 11) is 1.99. The number of hydrogen-bond acceptors (Lipinski definition) is 6. The van der Waals surface area contributed by atoms with E-state index in [9.17, 15) is 18.0 Å². The zero-order chi connectivity index (χ0) is 22.7. The lowest BCUT2D eigenvalue weighted by Crippen LogP contribution is -2.44. The number of hydrogen-bond donors (Lipinski definition) is 1. The lowest BCUT2D eigenvalue weighted by molar-refractivity contribution is -0.136. The minimum atomic E-state index is -4.58. The van der Waals surface area contributed by atoms with Crippen LogP contribution in [0.1, 0.15) is 11.3 Å². The molecule has 1 amide bonds. The monoisotopic (exact) mass is 461 g/mol. The fraction of sp³-hybridized carbons (Fsp3) is 0.318. The molecule has 0 bridgehead atoms. The molecule has 0 aliphatic carbocycles. The van der Waals surface area contributed by atoms with Gasteiger partial charge in [0.05, 0.1) is 23.4 Å². The van der Waals surface area contributed by atoms with Crippen molar-refractivity contribution in [3.63, 3.8) is 0 Å². The van der Waals surface area contributed by atoms with Crippen molar-refractivity contribution in [2.75, 3.05) is 43.4 Å². The maximum atomic E-state index is 13.7. The van der Waals surface area contributed by atoms with Crippen LogP contribution in [0.2, 0.25) is 0 Å². The molecule has 3 aromatic rings. The number of piperazine rings is 1. The van der Waals surface area contributed by atoms with Crippen LogP contribution in [-0.4, -0.2) is 54.0 Å². The molecule has 1 aliphatic heterocycles. The first-order chi connectivity index (χ1) is 15.3. The number of alkyl halides is 3. The van der Waals surface area contributed by atoms with Crippen molar-refractivity contribution in [2.45, 2.75) is 12.6 Å². The minimum absolute atomic E-state index is 0.117. The number of thiazole rings is 1. The van der Waals surface area contributed by atoms with Gasteiger partial charge in [0.25, 0.3) is 0 Å². The third-order valence-electron chi connectivity index (χ3n) is 5.25. The summed E-state index contributed by atoms with van der Waals surface area (Å²) >= 11 is 1.36. The fourth-order valence-corrected chi connectivity index (χ4v) is 4.32. The van der Waals surface area contributed by atoms with Crippen LogP contribution in [0.3, 0.4) is 0 Å². The van der Waals surface area contributed by atoms with Gasteiger partial charge in [-0.05, 0) is 37.4 Å². The molecule has 32 heavy (non-hydrogen) atoms. The first-order valence-electron chi connectivity index (χ1n) is 10.1. The molecule has 0 radical (unpaired) electrons. The van der Waals surface area contributed by atoms with Crippen molar-refractivity contribution in [3.05, 3.63) is 59.4 Å². The van der Waals surface area contributed by atoms with E-state index in [0.717, 1.165) is 24.7 Å². The van der Waals surface area contributed by atoms with Crippen molar-refractivity contribution in [2.24, 2.45) is 0 Å². The Kier molecular flexibility index (Phi) is 6.43. The fourth-order valence-electron chi connectivity index (χ4n) is 3.51. The Balaban J connectivity index is 1.48. The third-order valence-corrected chi connectivity index (χ3v) is 6.19. The number of aromatic nitrogens is 2. The second-order valence-corrected chi connectivity index (χ2v) is 8.49. The molecule has 0 saturated carbocycles. The molecule has 2 aromatic heterocycles. The number of halogens is 3. The Labute approximate surface area is 187 Å². The number of nitrogens with zero attached hydrogens (tertiary/aromatic N) is 4. The molecule has 1 fully saturated rings. The van der Waals surface area contributed by atoms with E-state index < -0.39 is 17.6 Å². The lowest BCUT2D eigenvalue weighted by Gasteiger charge is -2.34. The maximum absolute atomic E-state index is 13.7. The summed E-state index contributed by atoms with van der Waals surface area (Å²) in [5.74, 6) is -0.550. The first-order valence-corrected chi connectivity index (χ1v) is 11.0. The molecule has 3 heterocycles. The smallest absolute Gasteiger partial charge is 0.369 e. The molecular weight excluding hydrogens is 439 g/mol. The largest absolute Gasteiger partial charge is 0.418 e. The van der Waals surface area contributed by atoms with E-state index in [1.165, 1.54) is 17.4 Å². The number of benzene rings is 1. The highest BCUT2D eigenvalue weighted by atomic mass is 32.1. The number of carbonyl (C=O) groups excluding carboxylic acids is 1. The molecule has 0 spiro atoms. The van der Waals surface area contributed by atoms with E-state index in [1.54, 1.807) is 29.9 Å². The minimum Gasteiger partial charge on any atom is -0.369 e. The van der Waals surface area contributed by atoms with Gasteiger partial charge in [-0.1, -0.05) is 0 Å². The van der Waals surface area contributed by atoms with E-state index in [-0.39, 0.29) is 12.1 Å². The van der Waals surface area contributed by atoms with E-state index in [2.05, 4.69) is 20.2 Å². The van der Waals surface area contributed by atoms with Gasteiger partial charge in [0, 0.05) is 55.2 Å². The van der Waals surface area contributed by atoms with Crippen LogP contribution in [0.4, 0.5) is 24.5 Å². The summed E-state index contributed by atoms with van der Waals surface area (Å²) in [6.07, 6.45) is -1.38. The van der Waals surface area contributed by atoms with Gasteiger partial charge in [0.15, 0.2) is 0 Å². The molecule has 1 aliphatic rings. The average molecular weight is 462 g/mol. The predicted octanol–water partition coefficient (Wildman–Crippen LogP) is 4.16. The Bertz CT molecular complexity index is 1080. The highest BCUT2D eigenvalue weighted by Crippen LogP contribution is 2.37. The van der Waals surface area contributed by atoms with Crippen LogP contribution in [0.5, 0.6) is 0 Å². The van der Waals surface area contributed by atoms with E-state index >= 15 is 0 Å². The van der Waals surface area contributed by atoms with Crippen LogP contribution in [0, 0.1) is 0 Å². The number of carbonyl (C=O) groups is 1. The average Bonchev–Trinajstić information content (AvgIpc) is 3.23. The van der Waals surface area contributed by atoms with Gasteiger partial charge >= 0.3 is 6.18 Å². The number of rotatable bonds is 5. The molecule has 1 aromatic carbocycles. The highest BCUT2D eigenvalue weighted by Gasteiger charge is 2.35. The molecule has 1 saturated heterocycles. The summed E-state index contributed by atoms with van der Waals surface area (Å²) in [6, 6.07) is 7.71. The van der Waals surface area contributed by atoms with Crippen LogP contribution >= 0.6 is 11.3 Å². The van der Waals surface area contributed by atoms with Crippen molar-refractivity contribution < 1.29 is 18.0 Å². The van der Waals surface area contributed by atoms with Gasteiger partial charge in [-0.25, -0.2) is 4.98 Å².